The molecule has 3 rings (SSSR count). The third-order valence-corrected chi connectivity index (χ3v) is 5.62. The molecule has 1 amide bonds. The van der Waals surface area contributed by atoms with Crippen molar-refractivity contribution in [1.29, 1.82) is 0 Å². The third-order valence-electron chi connectivity index (χ3n) is 5.62. The van der Waals surface area contributed by atoms with E-state index in [1.165, 1.54) is 45.2 Å². The van der Waals surface area contributed by atoms with Gasteiger partial charge in [-0.15, -0.1) is 0 Å². The Morgan fingerprint density at radius 3 is 2.61 bits per heavy atom. The molecule has 1 aromatic heterocycles. The van der Waals surface area contributed by atoms with Crippen LogP contribution in [-0.4, -0.2) is 41.1 Å². The molecule has 0 spiro atoms. The maximum Gasteiger partial charge on any atom is 0.243 e. The second-order valence-corrected chi connectivity index (χ2v) is 7.57. The summed E-state index contributed by atoms with van der Waals surface area (Å²) < 4.78 is 2.04. The molecule has 23 heavy (non-hydrogen) atoms. The summed E-state index contributed by atoms with van der Waals surface area (Å²) in [7, 11) is 0. The van der Waals surface area contributed by atoms with E-state index in [9.17, 15) is 4.79 Å². The molecule has 2 aliphatic heterocycles. The van der Waals surface area contributed by atoms with E-state index in [1.807, 2.05) is 29.1 Å². The number of rotatable bonds is 5. The van der Waals surface area contributed by atoms with E-state index in [0.717, 1.165) is 6.54 Å². The summed E-state index contributed by atoms with van der Waals surface area (Å²) in [4.78, 5) is 15.4. The van der Waals surface area contributed by atoms with Crippen molar-refractivity contribution < 1.29 is 4.79 Å². The van der Waals surface area contributed by atoms with Crippen LogP contribution in [0.2, 0.25) is 0 Å². The molecule has 128 valence electrons. The lowest BCUT2D eigenvalue weighted by atomic mass is 9.83. The molecular formula is C19H31N3O. The topological polar surface area (TPSA) is 37.3 Å². The summed E-state index contributed by atoms with van der Waals surface area (Å²) in [5.74, 6) is 1.09. The van der Waals surface area contributed by atoms with E-state index in [0.29, 0.717) is 17.9 Å². The number of nitrogens with zero attached hydrogens (tertiary/aromatic N) is 2. The van der Waals surface area contributed by atoms with Crippen LogP contribution < -0.4 is 5.32 Å². The fraction of sp³-hybridized carbons (Fsp3) is 0.737. The molecule has 1 aromatic rings. The van der Waals surface area contributed by atoms with Crippen LogP contribution in [0.25, 0.3) is 0 Å². The van der Waals surface area contributed by atoms with Crippen LogP contribution in [0.3, 0.4) is 0 Å². The van der Waals surface area contributed by atoms with Gasteiger partial charge in [0, 0.05) is 25.0 Å². The van der Waals surface area contributed by atoms with Crippen molar-refractivity contribution in [3.63, 3.8) is 0 Å². The Balaban J connectivity index is 1.59. The molecule has 2 aliphatic rings. The molecule has 3 heterocycles. The number of carbonyl (C=O) groups is 1. The normalized spacial score (nSPS) is 26.7. The second-order valence-electron chi connectivity index (χ2n) is 7.57. The van der Waals surface area contributed by atoms with Crippen LogP contribution in [0.4, 0.5) is 0 Å². The molecule has 1 N–H and O–H groups in total. The Bertz CT molecular complexity index is 495. The molecule has 4 heteroatoms. The van der Waals surface area contributed by atoms with E-state index < -0.39 is 0 Å². The number of hydrogen-bond acceptors (Lipinski definition) is 2. The molecule has 0 saturated carbocycles. The van der Waals surface area contributed by atoms with Crippen molar-refractivity contribution in [2.24, 2.45) is 11.8 Å². The van der Waals surface area contributed by atoms with Gasteiger partial charge in [0.05, 0.1) is 0 Å². The average molecular weight is 317 g/mol. The van der Waals surface area contributed by atoms with Crippen LogP contribution in [0, 0.1) is 11.8 Å². The van der Waals surface area contributed by atoms with Gasteiger partial charge in [-0.25, -0.2) is 0 Å². The highest BCUT2D eigenvalue weighted by Crippen LogP contribution is 2.30. The van der Waals surface area contributed by atoms with Crippen molar-refractivity contribution in [3.8, 4) is 0 Å². The lowest BCUT2D eigenvalue weighted by molar-refractivity contribution is -0.126. The highest BCUT2D eigenvalue weighted by Gasteiger charge is 2.33. The van der Waals surface area contributed by atoms with Crippen LogP contribution in [-0.2, 0) is 4.79 Å². The predicted octanol–water partition coefficient (Wildman–Crippen LogP) is 3.07. The number of amides is 1. The number of nitrogens with one attached hydrogen (secondary N) is 1. The molecule has 0 aliphatic carbocycles. The Labute approximate surface area is 140 Å². The van der Waals surface area contributed by atoms with Gasteiger partial charge in [0.2, 0.25) is 5.91 Å². The van der Waals surface area contributed by atoms with Gasteiger partial charge in [0.15, 0.2) is 0 Å². The molecule has 3 atom stereocenters. The van der Waals surface area contributed by atoms with Gasteiger partial charge in [0.1, 0.15) is 6.04 Å². The molecule has 0 unspecified atom stereocenters. The van der Waals surface area contributed by atoms with Crippen LogP contribution >= 0.6 is 0 Å². The fourth-order valence-corrected chi connectivity index (χ4v) is 4.47. The molecule has 2 saturated heterocycles. The standard InChI is InChI=1S/C19H31N3O/c1-15(2)18(22-11-5-6-12-22)19(23)20-14-16-8-7-13-21-10-4-3-9-17(16)21/h5-6,11-12,15-18H,3-4,7-10,13-14H2,1-2H3,(H,20,23)/t16-,17+,18+/m0/s1. The van der Waals surface area contributed by atoms with Gasteiger partial charge in [-0.05, 0) is 62.7 Å². The highest BCUT2D eigenvalue weighted by molar-refractivity contribution is 5.80. The smallest absolute Gasteiger partial charge is 0.243 e. The lowest BCUT2D eigenvalue weighted by Crippen LogP contribution is -2.51. The van der Waals surface area contributed by atoms with E-state index in [1.54, 1.807) is 0 Å². The van der Waals surface area contributed by atoms with Gasteiger partial charge in [-0.2, -0.15) is 0 Å². The number of hydrogen-bond donors (Lipinski definition) is 1. The van der Waals surface area contributed by atoms with E-state index in [-0.39, 0.29) is 11.9 Å². The first-order valence-corrected chi connectivity index (χ1v) is 9.31. The first-order valence-electron chi connectivity index (χ1n) is 9.31. The van der Waals surface area contributed by atoms with E-state index in [4.69, 9.17) is 0 Å². The quantitative estimate of drug-likeness (QED) is 0.906. The summed E-state index contributed by atoms with van der Waals surface area (Å²) >= 11 is 0. The largest absolute Gasteiger partial charge is 0.354 e. The SMILES string of the molecule is CC(C)[C@H](C(=O)NC[C@@H]1CCCN2CCCC[C@H]12)n1cccc1. The average Bonchev–Trinajstić information content (AvgIpc) is 3.06. The highest BCUT2D eigenvalue weighted by atomic mass is 16.2. The van der Waals surface area contributed by atoms with Crippen LogP contribution in [0.15, 0.2) is 24.5 Å². The van der Waals surface area contributed by atoms with Crippen molar-refractivity contribution in [1.82, 2.24) is 14.8 Å². The molecule has 0 bridgehead atoms. The zero-order valence-electron chi connectivity index (χ0n) is 14.6. The number of piperidine rings is 2. The van der Waals surface area contributed by atoms with Crippen molar-refractivity contribution in [2.75, 3.05) is 19.6 Å². The van der Waals surface area contributed by atoms with Crippen molar-refractivity contribution in [2.45, 2.75) is 58.0 Å². The summed E-state index contributed by atoms with van der Waals surface area (Å²) in [6, 6.07) is 4.57. The van der Waals surface area contributed by atoms with Gasteiger partial charge < -0.3 is 14.8 Å². The maximum atomic E-state index is 12.7. The van der Waals surface area contributed by atoms with Crippen molar-refractivity contribution >= 4 is 5.91 Å². The minimum atomic E-state index is -0.101. The van der Waals surface area contributed by atoms with Crippen molar-refractivity contribution in [3.05, 3.63) is 24.5 Å². The summed E-state index contributed by atoms with van der Waals surface area (Å²) in [6.07, 6.45) is 10.5. The Kier molecular flexibility index (Phi) is 5.42. The fourth-order valence-electron chi connectivity index (χ4n) is 4.47. The van der Waals surface area contributed by atoms with Gasteiger partial charge in [-0.3, -0.25) is 4.79 Å². The summed E-state index contributed by atoms with van der Waals surface area (Å²) in [5.41, 5.74) is 0. The Morgan fingerprint density at radius 2 is 1.87 bits per heavy atom. The first-order chi connectivity index (χ1) is 11.2. The molecular weight excluding hydrogens is 286 g/mol. The van der Waals surface area contributed by atoms with E-state index >= 15 is 0 Å². The molecule has 0 radical (unpaired) electrons. The predicted molar refractivity (Wildman–Crippen MR) is 93.3 cm³/mol. The minimum absolute atomic E-state index is 0.101. The molecule has 0 aromatic carbocycles. The zero-order valence-corrected chi connectivity index (χ0v) is 14.6. The lowest BCUT2D eigenvalue weighted by Gasteiger charge is -2.44. The van der Waals surface area contributed by atoms with Gasteiger partial charge in [-0.1, -0.05) is 20.3 Å². The number of carbonyl (C=O) groups excluding carboxylic acids is 1. The zero-order chi connectivity index (χ0) is 16.2. The van der Waals surface area contributed by atoms with E-state index in [2.05, 4.69) is 24.1 Å². The third kappa shape index (κ3) is 3.79. The maximum absolute atomic E-state index is 12.7. The Hall–Kier alpha value is -1.29. The summed E-state index contributed by atoms with van der Waals surface area (Å²) in [6.45, 7) is 7.59. The first kappa shape index (κ1) is 16.6. The Morgan fingerprint density at radius 1 is 1.13 bits per heavy atom. The van der Waals surface area contributed by atoms with Crippen LogP contribution in [0.1, 0.15) is 52.0 Å². The molecule has 4 nitrogen and oxygen atoms in total. The van der Waals surface area contributed by atoms with Gasteiger partial charge >= 0.3 is 0 Å². The monoisotopic (exact) mass is 317 g/mol. The summed E-state index contributed by atoms with van der Waals surface area (Å²) in [5, 5.41) is 3.27. The minimum Gasteiger partial charge on any atom is -0.354 e. The second kappa shape index (κ2) is 7.52. The number of aromatic nitrogens is 1. The number of fused-ring (bicyclic) bond motifs is 1. The van der Waals surface area contributed by atoms with Gasteiger partial charge in [0.25, 0.3) is 0 Å². The van der Waals surface area contributed by atoms with Crippen LogP contribution in [0.5, 0.6) is 0 Å². The molecule has 2 fully saturated rings.